The summed E-state index contributed by atoms with van der Waals surface area (Å²) in [6.07, 6.45) is 1.11. The molecule has 2 saturated heterocycles. The largest absolute Gasteiger partial charge is 0.329 e. The molecule has 3 heterocycles. The predicted octanol–water partition coefficient (Wildman–Crippen LogP) is 2.39. The number of sulfonamides is 1. The van der Waals surface area contributed by atoms with Gasteiger partial charge < -0.3 is 15.1 Å². The van der Waals surface area contributed by atoms with E-state index in [4.69, 9.17) is 0 Å². The molecule has 0 aromatic heterocycles. The number of hydrogen-bond donors (Lipinski definition) is 2. The van der Waals surface area contributed by atoms with Crippen LogP contribution in [0.5, 0.6) is 0 Å². The minimum absolute atomic E-state index is 0.0365. The fourth-order valence-electron chi connectivity index (χ4n) is 6.05. The fraction of sp³-hybridized carbons (Fsp3) is 0.448. The van der Waals surface area contributed by atoms with Crippen molar-refractivity contribution in [2.45, 2.75) is 68.5 Å². The number of rotatable bonds is 5. The first-order valence-corrected chi connectivity index (χ1v) is 14.9. The maximum absolute atomic E-state index is 14.0. The number of nitriles is 1. The highest BCUT2D eigenvalue weighted by molar-refractivity contribution is 7.89. The molecule has 5 rings (SSSR count). The van der Waals surface area contributed by atoms with Gasteiger partial charge >= 0.3 is 0 Å². The van der Waals surface area contributed by atoms with E-state index in [-0.39, 0.29) is 30.3 Å². The standard InChI is InChI=1S/C29H33N5O5S/c1-28(2,3)24(32-40(38,39)20-10-5-4-6-11-20)26(36)33-15-9-14-23(33)25(35)34-18-29(16-19(34)17-30)21-12-7-8-13-22(21)31-27(29)37/h4-8,10-13,19,23-24,32H,9,14-16,18H2,1-3H3,(H,31,37)/t19-,23-,24?,29-/m0/s1. The molecule has 11 heteroatoms. The van der Waals surface area contributed by atoms with E-state index in [0.717, 1.165) is 5.56 Å². The molecule has 0 bridgehead atoms. The molecule has 2 N–H and O–H groups in total. The lowest BCUT2D eigenvalue weighted by Gasteiger charge is -2.36. The topological polar surface area (TPSA) is 140 Å². The van der Waals surface area contributed by atoms with Crippen molar-refractivity contribution in [1.29, 1.82) is 5.26 Å². The molecule has 3 aliphatic rings. The Bertz CT molecular complexity index is 1500. The molecule has 1 unspecified atom stereocenters. The van der Waals surface area contributed by atoms with E-state index in [0.29, 0.717) is 18.5 Å². The summed E-state index contributed by atoms with van der Waals surface area (Å²) in [6.45, 7) is 5.62. The van der Waals surface area contributed by atoms with Crippen LogP contribution in [0.2, 0.25) is 0 Å². The van der Waals surface area contributed by atoms with E-state index in [1.165, 1.54) is 21.9 Å². The van der Waals surface area contributed by atoms with E-state index < -0.39 is 50.8 Å². The van der Waals surface area contributed by atoms with Crippen LogP contribution >= 0.6 is 0 Å². The Kier molecular flexibility index (Phi) is 6.96. The number of carbonyl (C=O) groups is 3. The van der Waals surface area contributed by atoms with Crippen LogP contribution in [0.15, 0.2) is 59.5 Å². The van der Waals surface area contributed by atoms with Crippen LogP contribution in [-0.2, 0) is 29.8 Å². The van der Waals surface area contributed by atoms with Gasteiger partial charge in [-0.2, -0.15) is 9.98 Å². The van der Waals surface area contributed by atoms with Gasteiger partial charge in [0.1, 0.15) is 18.1 Å². The van der Waals surface area contributed by atoms with Crippen molar-refractivity contribution in [2.75, 3.05) is 18.4 Å². The molecule has 0 radical (unpaired) electrons. The van der Waals surface area contributed by atoms with Gasteiger partial charge in [0, 0.05) is 25.2 Å². The minimum atomic E-state index is -4.01. The lowest BCUT2D eigenvalue weighted by atomic mass is 9.80. The molecule has 0 saturated carbocycles. The molecule has 2 aromatic carbocycles. The fourth-order valence-corrected chi connectivity index (χ4v) is 7.47. The van der Waals surface area contributed by atoms with E-state index in [2.05, 4.69) is 16.1 Å². The second kappa shape index (κ2) is 10.0. The van der Waals surface area contributed by atoms with E-state index in [1.54, 1.807) is 45.0 Å². The van der Waals surface area contributed by atoms with Crippen LogP contribution in [-0.4, -0.2) is 67.2 Å². The summed E-state index contributed by atoms with van der Waals surface area (Å²) in [5.74, 6) is -1.13. The van der Waals surface area contributed by atoms with Gasteiger partial charge in [-0.05, 0) is 42.0 Å². The third-order valence-corrected chi connectivity index (χ3v) is 9.62. The summed E-state index contributed by atoms with van der Waals surface area (Å²) in [7, 11) is -4.01. The van der Waals surface area contributed by atoms with Crippen LogP contribution in [0, 0.1) is 16.7 Å². The van der Waals surface area contributed by atoms with Gasteiger partial charge in [-0.3, -0.25) is 14.4 Å². The first-order valence-electron chi connectivity index (χ1n) is 13.4. The summed E-state index contributed by atoms with van der Waals surface area (Å²) in [5.41, 5.74) is -0.389. The van der Waals surface area contributed by atoms with Gasteiger partial charge in [0.25, 0.3) is 0 Å². The number of para-hydroxylation sites is 1. The number of benzene rings is 2. The van der Waals surface area contributed by atoms with Crippen molar-refractivity contribution in [3.05, 3.63) is 60.2 Å². The molecule has 3 aliphatic heterocycles. The van der Waals surface area contributed by atoms with Gasteiger partial charge in [0.15, 0.2) is 0 Å². The minimum Gasteiger partial charge on any atom is -0.329 e. The molecule has 1 spiro atoms. The van der Waals surface area contributed by atoms with Gasteiger partial charge in [-0.25, -0.2) is 8.42 Å². The second-order valence-corrected chi connectivity index (χ2v) is 13.5. The number of likely N-dealkylation sites (tertiary alicyclic amines) is 2. The van der Waals surface area contributed by atoms with Crippen molar-refractivity contribution in [1.82, 2.24) is 14.5 Å². The second-order valence-electron chi connectivity index (χ2n) is 11.8. The molecule has 0 aliphatic carbocycles. The molecule has 210 valence electrons. The van der Waals surface area contributed by atoms with Gasteiger partial charge in [0.05, 0.1) is 16.4 Å². The lowest BCUT2D eigenvalue weighted by Crippen LogP contribution is -2.58. The van der Waals surface area contributed by atoms with Crippen LogP contribution in [0.3, 0.4) is 0 Å². The Hall–Kier alpha value is -3.75. The zero-order chi connectivity index (χ0) is 28.9. The average Bonchev–Trinajstić information content (AvgIpc) is 3.63. The normalized spacial score (nSPS) is 25.0. The van der Waals surface area contributed by atoms with Crippen LogP contribution in [0.25, 0.3) is 0 Å². The lowest BCUT2D eigenvalue weighted by molar-refractivity contribution is -0.146. The maximum Gasteiger partial charge on any atom is 0.246 e. The SMILES string of the molecule is CC(C)(C)C(NS(=O)(=O)c1ccccc1)C(=O)N1CCC[C@H]1C(=O)N1C[C@]2(C[C@H]1C#N)C(=O)Nc1ccccc12. The number of amides is 3. The highest BCUT2D eigenvalue weighted by Gasteiger charge is 2.57. The van der Waals surface area contributed by atoms with Crippen LogP contribution in [0.4, 0.5) is 5.69 Å². The van der Waals surface area contributed by atoms with E-state index in [1.807, 2.05) is 18.2 Å². The Morgan fingerprint density at radius 2 is 1.77 bits per heavy atom. The zero-order valence-electron chi connectivity index (χ0n) is 22.8. The highest BCUT2D eigenvalue weighted by Crippen LogP contribution is 2.46. The number of hydrogen-bond acceptors (Lipinski definition) is 6. The summed E-state index contributed by atoms with van der Waals surface area (Å²) in [4.78, 5) is 44.0. The zero-order valence-corrected chi connectivity index (χ0v) is 23.6. The van der Waals surface area contributed by atoms with Crippen molar-refractivity contribution in [2.24, 2.45) is 5.41 Å². The number of nitrogens with zero attached hydrogens (tertiary/aromatic N) is 3. The molecular weight excluding hydrogens is 530 g/mol. The van der Waals surface area contributed by atoms with Gasteiger partial charge in [-0.15, -0.1) is 0 Å². The Balaban J connectivity index is 1.41. The van der Waals surface area contributed by atoms with E-state index >= 15 is 0 Å². The van der Waals surface area contributed by atoms with Gasteiger partial charge in [-0.1, -0.05) is 57.2 Å². The monoisotopic (exact) mass is 563 g/mol. The summed E-state index contributed by atoms with van der Waals surface area (Å²) >= 11 is 0. The van der Waals surface area contributed by atoms with E-state index in [9.17, 15) is 28.1 Å². The first-order chi connectivity index (χ1) is 18.9. The number of nitrogens with one attached hydrogen (secondary N) is 2. The number of carbonyl (C=O) groups excluding carboxylic acids is 3. The Labute approximate surface area is 234 Å². The Morgan fingerprint density at radius 1 is 1.10 bits per heavy atom. The molecule has 4 atom stereocenters. The molecule has 2 fully saturated rings. The summed E-state index contributed by atoms with van der Waals surface area (Å²) < 4.78 is 28.9. The smallest absolute Gasteiger partial charge is 0.246 e. The maximum atomic E-state index is 14.0. The van der Waals surface area contributed by atoms with Crippen molar-refractivity contribution in [3.63, 3.8) is 0 Å². The first kappa shape index (κ1) is 27.8. The Morgan fingerprint density at radius 3 is 2.45 bits per heavy atom. The van der Waals surface area contributed by atoms with Crippen LogP contribution in [0.1, 0.15) is 45.6 Å². The molecule has 2 aromatic rings. The average molecular weight is 564 g/mol. The molecule has 3 amide bonds. The molecule has 10 nitrogen and oxygen atoms in total. The number of anilines is 1. The van der Waals surface area contributed by atoms with Crippen molar-refractivity contribution < 1.29 is 22.8 Å². The third-order valence-electron chi connectivity index (χ3n) is 8.18. The van der Waals surface area contributed by atoms with Crippen molar-refractivity contribution in [3.8, 4) is 6.07 Å². The predicted molar refractivity (Wildman–Crippen MR) is 147 cm³/mol. The number of fused-ring (bicyclic) bond motifs is 2. The summed E-state index contributed by atoms with van der Waals surface area (Å²) in [5, 5.41) is 12.9. The third kappa shape index (κ3) is 4.65. The highest BCUT2D eigenvalue weighted by atomic mass is 32.2. The van der Waals surface area contributed by atoms with Gasteiger partial charge in [0.2, 0.25) is 27.7 Å². The van der Waals surface area contributed by atoms with Crippen molar-refractivity contribution >= 4 is 33.4 Å². The molecule has 40 heavy (non-hydrogen) atoms. The van der Waals surface area contributed by atoms with Crippen LogP contribution < -0.4 is 10.0 Å². The quantitative estimate of drug-likeness (QED) is 0.573. The molecular formula is C29H33N5O5S. The summed E-state index contributed by atoms with van der Waals surface area (Å²) in [6, 6.07) is 14.5.